The summed E-state index contributed by atoms with van der Waals surface area (Å²) in [5.74, 6) is -0.316. The number of aromatic nitrogens is 1. The Morgan fingerprint density at radius 2 is 2.33 bits per heavy atom. The lowest BCUT2D eigenvalue weighted by molar-refractivity contribution is -0.389. The van der Waals surface area contributed by atoms with Crippen LogP contribution < -0.4 is 0 Å². The fraction of sp³-hybridized carbons (Fsp3) is 0.167. The Balaban J connectivity index is 3.37. The second-order valence-corrected chi connectivity index (χ2v) is 3.35. The normalized spacial score (nSPS) is 9.92. The highest BCUT2D eigenvalue weighted by atomic mass is 79.9. The van der Waals surface area contributed by atoms with E-state index in [1.54, 1.807) is 13.0 Å². The molecule has 1 aromatic heterocycles. The van der Waals surface area contributed by atoms with E-state index in [9.17, 15) is 10.1 Å². The molecule has 0 saturated heterocycles. The van der Waals surface area contributed by atoms with Gasteiger partial charge in [0.2, 0.25) is 4.60 Å². The summed E-state index contributed by atoms with van der Waals surface area (Å²) in [6.07, 6.45) is 0. The fourth-order valence-electron chi connectivity index (χ4n) is 0.722. The molecule has 0 spiro atoms. The van der Waals surface area contributed by atoms with Gasteiger partial charge in [-0.2, -0.15) is 0 Å². The fourth-order valence-corrected chi connectivity index (χ4v) is 1.40. The van der Waals surface area contributed by atoms with Crippen LogP contribution in [0.2, 0.25) is 5.02 Å². The summed E-state index contributed by atoms with van der Waals surface area (Å²) in [6, 6.07) is 1.62. The van der Waals surface area contributed by atoms with Gasteiger partial charge in [-0.3, -0.25) is 0 Å². The van der Waals surface area contributed by atoms with Crippen molar-refractivity contribution >= 4 is 33.3 Å². The maximum absolute atomic E-state index is 10.4. The zero-order valence-corrected chi connectivity index (χ0v) is 8.39. The van der Waals surface area contributed by atoms with Crippen molar-refractivity contribution < 1.29 is 4.92 Å². The molecule has 0 radical (unpaired) electrons. The molecule has 1 heterocycles. The molecular formula is C6H4BrClN2O2. The highest BCUT2D eigenvalue weighted by molar-refractivity contribution is 9.10. The summed E-state index contributed by atoms with van der Waals surface area (Å²) in [5, 5.41) is 10.5. The van der Waals surface area contributed by atoms with Crippen LogP contribution in [0.3, 0.4) is 0 Å². The van der Waals surface area contributed by atoms with Crippen LogP contribution in [0.15, 0.2) is 10.7 Å². The highest BCUT2D eigenvalue weighted by Gasteiger charge is 2.17. The minimum absolute atomic E-state index is 0.0863. The van der Waals surface area contributed by atoms with Gasteiger partial charge >= 0.3 is 5.82 Å². The van der Waals surface area contributed by atoms with Crippen molar-refractivity contribution in [2.45, 2.75) is 6.92 Å². The Labute approximate surface area is 81.8 Å². The average molecular weight is 251 g/mol. The lowest BCUT2D eigenvalue weighted by Gasteiger charge is -1.97. The number of hydrogen-bond donors (Lipinski definition) is 0. The number of rotatable bonds is 1. The Hall–Kier alpha value is -0.680. The third-order valence-electron chi connectivity index (χ3n) is 1.26. The van der Waals surface area contributed by atoms with Gasteiger partial charge in [0.1, 0.15) is 5.02 Å². The predicted molar refractivity (Wildman–Crippen MR) is 48.3 cm³/mol. The van der Waals surface area contributed by atoms with Gasteiger partial charge in [0.15, 0.2) is 0 Å². The molecular weight excluding hydrogens is 247 g/mol. The van der Waals surface area contributed by atoms with E-state index in [0.717, 1.165) is 0 Å². The summed E-state index contributed by atoms with van der Waals surface area (Å²) in [7, 11) is 0. The molecule has 0 aliphatic heterocycles. The second-order valence-electron chi connectivity index (χ2n) is 2.16. The first-order valence-electron chi connectivity index (χ1n) is 2.99. The van der Waals surface area contributed by atoms with Gasteiger partial charge in [0.25, 0.3) is 0 Å². The van der Waals surface area contributed by atoms with E-state index < -0.39 is 4.92 Å². The van der Waals surface area contributed by atoms with Crippen LogP contribution >= 0.6 is 27.5 Å². The summed E-state index contributed by atoms with van der Waals surface area (Å²) >= 11 is 8.68. The van der Waals surface area contributed by atoms with E-state index in [1.165, 1.54) is 0 Å². The number of nitro groups is 1. The topological polar surface area (TPSA) is 56.0 Å². The van der Waals surface area contributed by atoms with Crippen LogP contribution in [0.25, 0.3) is 0 Å². The molecule has 12 heavy (non-hydrogen) atoms. The van der Waals surface area contributed by atoms with Gasteiger partial charge in [0, 0.05) is 22.0 Å². The Kier molecular flexibility index (Phi) is 2.64. The minimum atomic E-state index is -0.611. The number of hydrogen-bond acceptors (Lipinski definition) is 3. The molecule has 4 nitrogen and oxygen atoms in total. The van der Waals surface area contributed by atoms with E-state index in [-0.39, 0.29) is 10.8 Å². The van der Waals surface area contributed by atoms with Gasteiger partial charge in [-0.1, -0.05) is 11.6 Å². The molecule has 0 N–H and O–H groups in total. The van der Waals surface area contributed by atoms with Gasteiger partial charge in [0.05, 0.1) is 0 Å². The van der Waals surface area contributed by atoms with Crippen LogP contribution in [0, 0.1) is 17.0 Å². The lowest BCUT2D eigenvalue weighted by atomic mass is 10.3. The molecule has 6 heteroatoms. The first-order chi connectivity index (χ1) is 5.52. The van der Waals surface area contributed by atoms with Crippen LogP contribution in [0.5, 0.6) is 0 Å². The SMILES string of the molecule is Cc1cc(Br)nc([N+](=O)[O-])c1Cl. The summed E-state index contributed by atoms with van der Waals surface area (Å²) in [6.45, 7) is 1.68. The lowest BCUT2D eigenvalue weighted by Crippen LogP contribution is -1.95. The van der Waals surface area contributed by atoms with Crippen LogP contribution in [0.1, 0.15) is 5.56 Å². The van der Waals surface area contributed by atoms with Crippen LogP contribution in [-0.4, -0.2) is 9.91 Å². The molecule has 1 rings (SSSR count). The molecule has 0 bridgehead atoms. The van der Waals surface area contributed by atoms with Crippen LogP contribution in [0.4, 0.5) is 5.82 Å². The molecule has 0 aliphatic carbocycles. The van der Waals surface area contributed by atoms with Gasteiger partial charge in [-0.15, -0.1) is 0 Å². The van der Waals surface area contributed by atoms with Crippen molar-refractivity contribution in [3.63, 3.8) is 0 Å². The van der Waals surface area contributed by atoms with Crippen molar-refractivity contribution in [1.82, 2.24) is 4.98 Å². The predicted octanol–water partition coefficient (Wildman–Crippen LogP) is 2.71. The maximum atomic E-state index is 10.4. The van der Waals surface area contributed by atoms with E-state index in [0.29, 0.717) is 10.2 Å². The molecule has 0 fully saturated rings. The Morgan fingerprint density at radius 1 is 1.75 bits per heavy atom. The van der Waals surface area contributed by atoms with Crippen molar-refractivity contribution in [1.29, 1.82) is 0 Å². The standard InChI is InChI=1S/C6H4BrClN2O2/c1-3-2-4(7)9-6(5(3)8)10(11)12/h2H,1H3. The van der Waals surface area contributed by atoms with Crippen molar-refractivity contribution in [3.8, 4) is 0 Å². The van der Waals surface area contributed by atoms with E-state index >= 15 is 0 Å². The first-order valence-corrected chi connectivity index (χ1v) is 4.16. The number of pyridine rings is 1. The number of nitrogens with zero attached hydrogens (tertiary/aromatic N) is 2. The van der Waals surface area contributed by atoms with Crippen molar-refractivity contribution in [2.24, 2.45) is 0 Å². The molecule has 0 aromatic carbocycles. The molecule has 0 aliphatic rings. The van der Waals surface area contributed by atoms with Crippen molar-refractivity contribution in [3.05, 3.63) is 31.4 Å². The third-order valence-corrected chi connectivity index (χ3v) is 2.14. The van der Waals surface area contributed by atoms with Crippen LogP contribution in [-0.2, 0) is 0 Å². The van der Waals surface area contributed by atoms with E-state index in [2.05, 4.69) is 20.9 Å². The first kappa shape index (κ1) is 9.41. The summed E-state index contributed by atoms with van der Waals surface area (Å²) in [5.41, 5.74) is 0.630. The quantitative estimate of drug-likeness (QED) is 0.438. The smallest absolute Gasteiger partial charge is 0.358 e. The second kappa shape index (κ2) is 3.37. The highest BCUT2D eigenvalue weighted by Crippen LogP contribution is 2.27. The maximum Gasteiger partial charge on any atom is 0.383 e. The number of halogens is 2. The molecule has 1 aromatic rings. The van der Waals surface area contributed by atoms with Crippen molar-refractivity contribution in [2.75, 3.05) is 0 Å². The molecule has 0 atom stereocenters. The van der Waals surface area contributed by atoms with E-state index in [1.807, 2.05) is 0 Å². The monoisotopic (exact) mass is 250 g/mol. The zero-order chi connectivity index (χ0) is 9.30. The van der Waals surface area contributed by atoms with E-state index in [4.69, 9.17) is 11.6 Å². The Morgan fingerprint density at radius 3 is 2.83 bits per heavy atom. The molecule has 0 saturated carbocycles. The molecule has 64 valence electrons. The molecule has 0 unspecified atom stereocenters. The molecule has 0 amide bonds. The van der Waals surface area contributed by atoms with Gasteiger partial charge in [-0.05, 0) is 22.4 Å². The summed E-state index contributed by atoms with van der Waals surface area (Å²) < 4.78 is 0.413. The minimum Gasteiger partial charge on any atom is -0.358 e. The largest absolute Gasteiger partial charge is 0.383 e. The third kappa shape index (κ3) is 1.73. The number of aryl methyl sites for hydroxylation is 1. The Bertz CT molecular complexity index is 343. The zero-order valence-electron chi connectivity index (χ0n) is 6.04. The van der Waals surface area contributed by atoms with Gasteiger partial charge in [-0.25, -0.2) is 0 Å². The summed E-state index contributed by atoms with van der Waals surface area (Å²) in [4.78, 5) is 13.4. The van der Waals surface area contributed by atoms with Gasteiger partial charge < -0.3 is 10.1 Å². The average Bonchev–Trinajstić information content (AvgIpc) is 1.96.